The molecule has 74 valence electrons. The number of hydrogen-bond acceptors (Lipinski definition) is 2. The molecule has 0 spiro atoms. The monoisotopic (exact) mass is 180 g/mol. The van der Waals surface area contributed by atoms with Crippen molar-refractivity contribution in [2.24, 2.45) is 0 Å². The Morgan fingerprint density at radius 3 is 1.46 bits per heavy atom. The van der Waals surface area contributed by atoms with Crippen molar-refractivity contribution in [1.82, 2.24) is 10.6 Å². The Morgan fingerprint density at radius 1 is 0.615 bits per heavy atom. The van der Waals surface area contributed by atoms with Gasteiger partial charge in [0.2, 0.25) is 0 Å². The zero-order valence-corrected chi connectivity index (χ0v) is 8.26. The van der Waals surface area contributed by atoms with Gasteiger partial charge in [0.15, 0.2) is 0 Å². The largest absolute Gasteiger partial charge is 0.310 e. The van der Waals surface area contributed by atoms with Crippen LogP contribution in [-0.4, -0.2) is 24.2 Å². The van der Waals surface area contributed by atoms with Gasteiger partial charge in [-0.1, -0.05) is 6.42 Å². The van der Waals surface area contributed by atoms with Gasteiger partial charge in [0, 0.05) is 24.2 Å². The molecule has 2 atom stereocenters. The molecule has 0 amide bonds. The average molecular weight is 180 g/mol. The molecule has 2 heteroatoms. The molecular weight excluding hydrogens is 160 g/mol. The first-order valence-electron chi connectivity index (χ1n) is 5.94. The average Bonchev–Trinajstić information content (AvgIpc) is 2.95. The molecule has 3 aliphatic carbocycles. The van der Waals surface area contributed by atoms with Gasteiger partial charge in [-0.3, -0.25) is 0 Å². The lowest BCUT2D eigenvalue weighted by Gasteiger charge is -2.22. The topological polar surface area (TPSA) is 24.1 Å². The Bertz CT molecular complexity index is 165. The van der Waals surface area contributed by atoms with E-state index >= 15 is 0 Å². The molecule has 0 aromatic carbocycles. The highest BCUT2D eigenvalue weighted by molar-refractivity contribution is 4.97. The third-order valence-corrected chi connectivity index (χ3v) is 3.57. The van der Waals surface area contributed by atoms with Crippen LogP contribution < -0.4 is 10.6 Å². The van der Waals surface area contributed by atoms with E-state index in [1.807, 2.05) is 0 Å². The normalized spacial score (nSPS) is 39.7. The quantitative estimate of drug-likeness (QED) is 0.683. The van der Waals surface area contributed by atoms with E-state index < -0.39 is 0 Å². The summed E-state index contributed by atoms with van der Waals surface area (Å²) >= 11 is 0. The molecule has 3 fully saturated rings. The molecule has 3 rings (SSSR count). The minimum absolute atomic E-state index is 0.799. The van der Waals surface area contributed by atoms with Crippen molar-refractivity contribution in [1.29, 1.82) is 0 Å². The second-order valence-electron chi connectivity index (χ2n) is 5.03. The van der Waals surface area contributed by atoms with Crippen LogP contribution in [0.3, 0.4) is 0 Å². The minimum atomic E-state index is 0.799. The predicted molar refractivity (Wildman–Crippen MR) is 53.7 cm³/mol. The van der Waals surface area contributed by atoms with Crippen LogP contribution in [0.1, 0.15) is 44.9 Å². The van der Waals surface area contributed by atoms with E-state index in [2.05, 4.69) is 10.6 Å². The van der Waals surface area contributed by atoms with Crippen molar-refractivity contribution in [3.05, 3.63) is 0 Å². The first kappa shape index (κ1) is 8.25. The summed E-state index contributed by atoms with van der Waals surface area (Å²) < 4.78 is 0. The summed E-state index contributed by atoms with van der Waals surface area (Å²) in [6.45, 7) is 0. The Balaban J connectivity index is 1.51. The Morgan fingerprint density at radius 2 is 1.08 bits per heavy atom. The smallest absolute Gasteiger partial charge is 0.0223 e. The first-order chi connectivity index (χ1) is 6.42. The van der Waals surface area contributed by atoms with Gasteiger partial charge in [0.05, 0.1) is 0 Å². The highest BCUT2D eigenvalue weighted by Gasteiger charge is 2.35. The van der Waals surface area contributed by atoms with E-state index in [0.29, 0.717) is 0 Å². The summed E-state index contributed by atoms with van der Waals surface area (Å²) in [7, 11) is 0. The molecule has 13 heavy (non-hydrogen) atoms. The van der Waals surface area contributed by atoms with E-state index in [1.54, 1.807) is 0 Å². The van der Waals surface area contributed by atoms with Crippen LogP contribution in [0.5, 0.6) is 0 Å². The van der Waals surface area contributed by atoms with Crippen LogP contribution in [0.25, 0.3) is 0 Å². The van der Waals surface area contributed by atoms with Crippen LogP contribution in [0, 0.1) is 0 Å². The van der Waals surface area contributed by atoms with Gasteiger partial charge in [-0.15, -0.1) is 0 Å². The summed E-state index contributed by atoms with van der Waals surface area (Å²) in [6.07, 6.45) is 9.93. The maximum Gasteiger partial charge on any atom is 0.0223 e. The first-order valence-corrected chi connectivity index (χ1v) is 5.94. The SMILES string of the molecule is C1C[C@H](NC2CC2)[C@@H](NC2CC2)C1. The summed E-state index contributed by atoms with van der Waals surface area (Å²) in [5.41, 5.74) is 0. The third kappa shape index (κ3) is 2.05. The maximum atomic E-state index is 3.77. The fourth-order valence-corrected chi connectivity index (χ4v) is 2.46. The summed E-state index contributed by atoms with van der Waals surface area (Å²) in [5, 5.41) is 7.55. The molecule has 0 aromatic heterocycles. The summed E-state index contributed by atoms with van der Waals surface area (Å²) in [5.74, 6) is 0. The summed E-state index contributed by atoms with van der Waals surface area (Å²) in [6, 6.07) is 3.36. The standard InChI is InChI=1S/C11H20N2/c1-2-10(12-8-4-5-8)11(3-1)13-9-6-7-9/h8-13H,1-7H2/t10-,11-/m0/s1. The Hall–Kier alpha value is -0.0800. The molecule has 3 saturated carbocycles. The Kier molecular flexibility index (Phi) is 2.06. The number of rotatable bonds is 4. The predicted octanol–water partition coefficient (Wildman–Crippen LogP) is 1.41. The minimum Gasteiger partial charge on any atom is -0.310 e. The molecule has 0 radical (unpaired) electrons. The van der Waals surface area contributed by atoms with Gasteiger partial charge in [0.25, 0.3) is 0 Å². The van der Waals surface area contributed by atoms with Crippen molar-refractivity contribution in [3.63, 3.8) is 0 Å². The second-order valence-corrected chi connectivity index (χ2v) is 5.03. The molecule has 2 N–H and O–H groups in total. The lowest BCUT2D eigenvalue weighted by molar-refractivity contribution is 0.405. The molecule has 0 unspecified atom stereocenters. The molecule has 2 nitrogen and oxygen atoms in total. The van der Waals surface area contributed by atoms with Gasteiger partial charge < -0.3 is 10.6 Å². The highest BCUT2D eigenvalue weighted by atomic mass is 15.1. The maximum absolute atomic E-state index is 3.77. The Labute approximate surface area is 80.5 Å². The van der Waals surface area contributed by atoms with Gasteiger partial charge >= 0.3 is 0 Å². The molecule has 0 bridgehead atoms. The van der Waals surface area contributed by atoms with Crippen LogP contribution in [0.2, 0.25) is 0 Å². The van der Waals surface area contributed by atoms with Gasteiger partial charge in [-0.25, -0.2) is 0 Å². The van der Waals surface area contributed by atoms with Gasteiger partial charge in [-0.05, 0) is 38.5 Å². The molecule has 3 aliphatic rings. The van der Waals surface area contributed by atoms with Gasteiger partial charge in [-0.2, -0.15) is 0 Å². The molecular formula is C11H20N2. The van der Waals surface area contributed by atoms with Crippen molar-refractivity contribution >= 4 is 0 Å². The fourth-order valence-electron chi connectivity index (χ4n) is 2.46. The lowest BCUT2D eigenvalue weighted by Crippen LogP contribution is -2.45. The lowest BCUT2D eigenvalue weighted by atomic mass is 10.1. The van der Waals surface area contributed by atoms with Crippen LogP contribution in [0.15, 0.2) is 0 Å². The number of nitrogens with one attached hydrogen (secondary N) is 2. The van der Waals surface area contributed by atoms with Crippen molar-refractivity contribution < 1.29 is 0 Å². The van der Waals surface area contributed by atoms with E-state index in [0.717, 1.165) is 24.2 Å². The van der Waals surface area contributed by atoms with E-state index in [4.69, 9.17) is 0 Å². The van der Waals surface area contributed by atoms with E-state index in [1.165, 1.54) is 44.9 Å². The zero-order chi connectivity index (χ0) is 8.67. The van der Waals surface area contributed by atoms with Crippen LogP contribution in [0.4, 0.5) is 0 Å². The van der Waals surface area contributed by atoms with Crippen LogP contribution >= 0.6 is 0 Å². The van der Waals surface area contributed by atoms with Crippen LogP contribution in [-0.2, 0) is 0 Å². The summed E-state index contributed by atoms with van der Waals surface area (Å²) in [4.78, 5) is 0. The second kappa shape index (κ2) is 3.25. The third-order valence-electron chi connectivity index (χ3n) is 3.57. The molecule has 0 aromatic rings. The number of hydrogen-bond donors (Lipinski definition) is 2. The molecule has 0 aliphatic heterocycles. The highest BCUT2D eigenvalue weighted by Crippen LogP contribution is 2.28. The van der Waals surface area contributed by atoms with Crippen molar-refractivity contribution in [2.45, 2.75) is 69.1 Å². The fraction of sp³-hybridized carbons (Fsp3) is 1.00. The molecule has 0 heterocycles. The van der Waals surface area contributed by atoms with E-state index in [9.17, 15) is 0 Å². The van der Waals surface area contributed by atoms with Crippen molar-refractivity contribution in [3.8, 4) is 0 Å². The zero-order valence-electron chi connectivity index (χ0n) is 8.26. The molecule has 0 saturated heterocycles. The van der Waals surface area contributed by atoms with Crippen molar-refractivity contribution in [2.75, 3.05) is 0 Å². The van der Waals surface area contributed by atoms with Gasteiger partial charge in [0.1, 0.15) is 0 Å². The van der Waals surface area contributed by atoms with E-state index in [-0.39, 0.29) is 0 Å².